The van der Waals surface area contributed by atoms with Crippen LogP contribution in [-0.4, -0.2) is 52.4 Å². The smallest absolute Gasteiger partial charge is 0.241 e. The Labute approximate surface area is 130 Å². The monoisotopic (exact) mass is 306 g/mol. The number of nitrogens with one attached hydrogen (secondary N) is 1. The molecule has 2 heterocycles. The van der Waals surface area contributed by atoms with Gasteiger partial charge < -0.3 is 15.0 Å². The van der Waals surface area contributed by atoms with Crippen molar-refractivity contribution in [3.63, 3.8) is 0 Å². The van der Waals surface area contributed by atoms with Gasteiger partial charge in [-0.1, -0.05) is 0 Å². The van der Waals surface area contributed by atoms with Gasteiger partial charge in [0.2, 0.25) is 17.7 Å². The van der Waals surface area contributed by atoms with Crippen molar-refractivity contribution in [1.29, 1.82) is 0 Å². The molecule has 1 aliphatic heterocycles. The van der Waals surface area contributed by atoms with E-state index >= 15 is 0 Å². The standard InChI is InChI=1S/C15H22N4O3/c1-10-8-14(18-11(2)17-10)22-13-4-6-19(7-5-13)15(21)9-16-12(3)20/h8,13H,4-7,9H2,1-3H3,(H,16,20). The molecule has 0 radical (unpaired) electrons. The van der Waals surface area contributed by atoms with Crippen LogP contribution in [0.2, 0.25) is 0 Å². The Bertz CT molecular complexity index is 533. The number of likely N-dealkylation sites (tertiary alicyclic amines) is 1. The normalized spacial score (nSPS) is 15.5. The van der Waals surface area contributed by atoms with Crippen LogP contribution in [0.1, 0.15) is 31.3 Å². The van der Waals surface area contributed by atoms with Gasteiger partial charge >= 0.3 is 0 Å². The third-order valence-corrected chi connectivity index (χ3v) is 3.51. The topological polar surface area (TPSA) is 84.4 Å². The minimum atomic E-state index is -0.193. The molecule has 1 aliphatic rings. The number of aryl methyl sites for hydroxylation is 2. The first-order valence-electron chi connectivity index (χ1n) is 7.45. The molecule has 22 heavy (non-hydrogen) atoms. The molecule has 0 unspecified atom stereocenters. The summed E-state index contributed by atoms with van der Waals surface area (Å²) in [5, 5.41) is 2.53. The van der Waals surface area contributed by atoms with E-state index in [0.29, 0.717) is 24.8 Å². The van der Waals surface area contributed by atoms with Crippen LogP contribution in [0.4, 0.5) is 0 Å². The number of nitrogens with zero attached hydrogens (tertiary/aromatic N) is 3. The highest BCUT2D eigenvalue weighted by atomic mass is 16.5. The summed E-state index contributed by atoms with van der Waals surface area (Å²) in [5.41, 5.74) is 0.880. The molecule has 1 aromatic heterocycles. The lowest BCUT2D eigenvalue weighted by Crippen LogP contribution is -2.45. The minimum Gasteiger partial charge on any atom is -0.474 e. The fourth-order valence-electron chi connectivity index (χ4n) is 2.45. The lowest BCUT2D eigenvalue weighted by Gasteiger charge is -2.32. The summed E-state index contributed by atoms with van der Waals surface area (Å²) >= 11 is 0. The van der Waals surface area contributed by atoms with Crippen molar-refractivity contribution >= 4 is 11.8 Å². The van der Waals surface area contributed by atoms with Crippen LogP contribution in [0.25, 0.3) is 0 Å². The molecule has 0 aromatic carbocycles. The molecule has 7 heteroatoms. The van der Waals surface area contributed by atoms with E-state index in [1.54, 1.807) is 4.90 Å². The number of ether oxygens (including phenoxy) is 1. The summed E-state index contributed by atoms with van der Waals surface area (Å²) in [6.07, 6.45) is 1.57. The first-order valence-corrected chi connectivity index (χ1v) is 7.45. The molecule has 2 amide bonds. The molecule has 0 saturated carbocycles. The van der Waals surface area contributed by atoms with Gasteiger partial charge in [-0.15, -0.1) is 0 Å². The van der Waals surface area contributed by atoms with Gasteiger partial charge in [0.1, 0.15) is 11.9 Å². The predicted octanol–water partition coefficient (Wildman–Crippen LogP) is 0.599. The third kappa shape index (κ3) is 4.68. The zero-order chi connectivity index (χ0) is 16.1. The van der Waals surface area contributed by atoms with Gasteiger partial charge in [0.05, 0.1) is 6.54 Å². The Morgan fingerprint density at radius 1 is 1.32 bits per heavy atom. The van der Waals surface area contributed by atoms with Crippen LogP contribution < -0.4 is 10.1 Å². The number of rotatable bonds is 4. The number of aromatic nitrogens is 2. The highest BCUT2D eigenvalue weighted by molar-refractivity contribution is 5.83. The highest BCUT2D eigenvalue weighted by Gasteiger charge is 2.24. The third-order valence-electron chi connectivity index (χ3n) is 3.51. The van der Waals surface area contributed by atoms with Crippen LogP contribution in [0.3, 0.4) is 0 Å². The van der Waals surface area contributed by atoms with Crippen molar-refractivity contribution in [2.75, 3.05) is 19.6 Å². The van der Waals surface area contributed by atoms with E-state index in [0.717, 1.165) is 18.5 Å². The quantitative estimate of drug-likeness (QED) is 0.880. The number of carbonyl (C=O) groups excluding carboxylic acids is 2. The number of hydrogen-bond acceptors (Lipinski definition) is 5. The molecule has 0 spiro atoms. The second kappa shape index (κ2) is 7.20. The minimum absolute atomic E-state index is 0.0534. The van der Waals surface area contributed by atoms with Crippen molar-refractivity contribution in [1.82, 2.24) is 20.2 Å². The number of piperidine rings is 1. The Balaban J connectivity index is 1.81. The highest BCUT2D eigenvalue weighted by Crippen LogP contribution is 2.18. The van der Waals surface area contributed by atoms with Gasteiger partial charge in [-0.3, -0.25) is 9.59 Å². The average molecular weight is 306 g/mol. The maximum absolute atomic E-state index is 11.9. The van der Waals surface area contributed by atoms with Gasteiger partial charge in [-0.05, 0) is 13.8 Å². The molecule has 1 fully saturated rings. The van der Waals surface area contributed by atoms with E-state index in [9.17, 15) is 9.59 Å². The summed E-state index contributed by atoms with van der Waals surface area (Å²) in [6.45, 7) is 6.47. The molecule has 0 aliphatic carbocycles. The Morgan fingerprint density at radius 3 is 2.59 bits per heavy atom. The average Bonchev–Trinajstić information content (AvgIpc) is 2.44. The van der Waals surface area contributed by atoms with E-state index < -0.39 is 0 Å². The van der Waals surface area contributed by atoms with Crippen molar-refractivity contribution in [3.05, 3.63) is 17.6 Å². The van der Waals surface area contributed by atoms with Crippen LogP contribution in [0.15, 0.2) is 6.07 Å². The summed E-state index contributed by atoms with van der Waals surface area (Å²) in [4.78, 5) is 33.0. The SMILES string of the molecule is CC(=O)NCC(=O)N1CCC(Oc2cc(C)nc(C)n2)CC1. The van der Waals surface area contributed by atoms with E-state index in [2.05, 4.69) is 15.3 Å². The maximum atomic E-state index is 11.9. The van der Waals surface area contributed by atoms with Gasteiger partial charge in [0, 0.05) is 44.6 Å². The van der Waals surface area contributed by atoms with E-state index in [4.69, 9.17) is 4.74 Å². The van der Waals surface area contributed by atoms with Crippen molar-refractivity contribution in [2.45, 2.75) is 39.7 Å². The lowest BCUT2D eigenvalue weighted by molar-refractivity contribution is -0.134. The molecule has 120 valence electrons. The van der Waals surface area contributed by atoms with E-state index in [1.165, 1.54) is 6.92 Å². The lowest BCUT2D eigenvalue weighted by atomic mass is 10.1. The largest absolute Gasteiger partial charge is 0.474 e. The predicted molar refractivity (Wildman–Crippen MR) is 80.4 cm³/mol. The van der Waals surface area contributed by atoms with Crippen LogP contribution in [0, 0.1) is 13.8 Å². The fraction of sp³-hybridized carbons (Fsp3) is 0.600. The summed E-state index contributed by atoms with van der Waals surface area (Å²) < 4.78 is 5.88. The molecule has 2 rings (SSSR count). The zero-order valence-corrected chi connectivity index (χ0v) is 13.3. The van der Waals surface area contributed by atoms with Crippen molar-refractivity contribution in [3.8, 4) is 5.88 Å². The summed E-state index contributed by atoms with van der Waals surface area (Å²) in [7, 11) is 0. The molecule has 0 atom stereocenters. The molecule has 1 N–H and O–H groups in total. The number of hydrogen-bond donors (Lipinski definition) is 1. The second-order valence-corrected chi connectivity index (χ2v) is 5.50. The first kappa shape index (κ1) is 16.2. The molecular weight excluding hydrogens is 284 g/mol. The van der Waals surface area contributed by atoms with Gasteiger partial charge in [0.25, 0.3) is 0 Å². The fourth-order valence-corrected chi connectivity index (χ4v) is 2.45. The molecule has 0 bridgehead atoms. The zero-order valence-electron chi connectivity index (χ0n) is 13.3. The number of carbonyl (C=O) groups is 2. The second-order valence-electron chi connectivity index (χ2n) is 5.50. The number of amides is 2. The van der Waals surface area contributed by atoms with Crippen LogP contribution in [-0.2, 0) is 9.59 Å². The van der Waals surface area contributed by atoms with E-state index in [1.807, 2.05) is 19.9 Å². The van der Waals surface area contributed by atoms with Crippen molar-refractivity contribution in [2.24, 2.45) is 0 Å². The van der Waals surface area contributed by atoms with Gasteiger partial charge in [-0.2, -0.15) is 4.98 Å². The van der Waals surface area contributed by atoms with Crippen molar-refractivity contribution < 1.29 is 14.3 Å². The molecule has 1 saturated heterocycles. The first-order chi connectivity index (χ1) is 10.4. The van der Waals surface area contributed by atoms with Crippen LogP contribution >= 0.6 is 0 Å². The summed E-state index contributed by atoms with van der Waals surface area (Å²) in [6, 6.07) is 1.82. The van der Waals surface area contributed by atoms with Crippen LogP contribution in [0.5, 0.6) is 5.88 Å². The van der Waals surface area contributed by atoms with Gasteiger partial charge in [0.15, 0.2) is 0 Å². The molecule has 7 nitrogen and oxygen atoms in total. The maximum Gasteiger partial charge on any atom is 0.241 e. The Hall–Kier alpha value is -2.18. The molecule has 1 aromatic rings. The summed E-state index contributed by atoms with van der Waals surface area (Å²) in [5.74, 6) is 1.04. The van der Waals surface area contributed by atoms with Gasteiger partial charge in [-0.25, -0.2) is 4.98 Å². The molecular formula is C15H22N4O3. The Morgan fingerprint density at radius 2 is 2.00 bits per heavy atom. The Kier molecular flexibility index (Phi) is 5.30. The van der Waals surface area contributed by atoms with E-state index in [-0.39, 0.29) is 24.5 Å².